The van der Waals surface area contributed by atoms with Gasteiger partial charge in [-0.15, -0.1) is 0 Å². The summed E-state index contributed by atoms with van der Waals surface area (Å²) in [6, 6.07) is 6.25. The van der Waals surface area contributed by atoms with Crippen LogP contribution < -0.4 is 11.2 Å². The maximum atomic E-state index is 12.4. The van der Waals surface area contributed by atoms with Crippen LogP contribution in [0, 0.1) is 15.5 Å². The molecular weight excluding hydrogens is 422 g/mol. The molecule has 0 saturated carbocycles. The summed E-state index contributed by atoms with van der Waals surface area (Å²) >= 11 is 0. The molecule has 4 atom stereocenters. The highest BCUT2D eigenvalue weighted by Crippen LogP contribution is 2.40. The molecule has 0 aliphatic carbocycles. The lowest BCUT2D eigenvalue weighted by Crippen LogP contribution is -2.35. The van der Waals surface area contributed by atoms with Gasteiger partial charge in [-0.05, 0) is 11.5 Å². The maximum Gasteiger partial charge on any atom is 0.330 e. The lowest BCUT2D eigenvalue weighted by Gasteiger charge is -2.30. The number of nitrogens with one attached hydrogen (secondary N) is 1. The van der Waals surface area contributed by atoms with E-state index in [2.05, 4.69) is 4.98 Å². The Bertz CT molecular complexity index is 1090. The molecule has 1 saturated heterocycles. The highest BCUT2D eigenvalue weighted by molar-refractivity contribution is 5.42. The Morgan fingerprint density at radius 2 is 2.03 bits per heavy atom. The van der Waals surface area contributed by atoms with Crippen LogP contribution in [0.25, 0.3) is 0 Å². The van der Waals surface area contributed by atoms with Crippen molar-refractivity contribution in [2.45, 2.75) is 58.3 Å². The van der Waals surface area contributed by atoms with Crippen molar-refractivity contribution in [2.24, 2.45) is 5.41 Å². The summed E-state index contributed by atoms with van der Waals surface area (Å²) in [7, 11) is 0. The smallest absolute Gasteiger partial charge is 0.330 e. The van der Waals surface area contributed by atoms with Gasteiger partial charge in [0.15, 0.2) is 0 Å². The monoisotopic (exact) mass is 449 g/mol. The SMILES string of the molecule is CC(C)(C)[C@H](OCc1cn([C@H]2C[C@@H](O)[C@@H](CO)O2)c(=O)[nH]c1=O)c1ccccc1[N+](=O)[O-]. The van der Waals surface area contributed by atoms with E-state index in [1.807, 2.05) is 20.8 Å². The standard InChI is InChI=1S/C21H27N3O8/c1-21(2,3)18(13-6-4-5-7-14(13)24(29)30)31-11-12-9-23(20(28)22-19(12)27)17-8-15(26)16(10-25)32-17/h4-7,9,15-18,25-26H,8,10-11H2,1-3H3,(H,22,27,28)/t15-,16-,17-,18-/m1/s1. The first-order valence-electron chi connectivity index (χ1n) is 10.2. The molecule has 1 aromatic carbocycles. The first-order valence-corrected chi connectivity index (χ1v) is 10.2. The van der Waals surface area contributed by atoms with Gasteiger partial charge < -0.3 is 19.7 Å². The number of H-pyrrole nitrogens is 1. The highest BCUT2D eigenvalue weighted by Gasteiger charge is 2.36. The van der Waals surface area contributed by atoms with Crippen molar-refractivity contribution in [1.29, 1.82) is 0 Å². The van der Waals surface area contributed by atoms with Crippen LogP contribution in [0.15, 0.2) is 40.1 Å². The molecule has 0 spiro atoms. The normalized spacial score (nSPS) is 22.1. The first kappa shape index (κ1) is 23.8. The number of benzene rings is 1. The minimum Gasteiger partial charge on any atom is -0.394 e. The number of aromatic nitrogens is 2. The predicted molar refractivity (Wildman–Crippen MR) is 113 cm³/mol. The van der Waals surface area contributed by atoms with E-state index < -0.39 is 52.7 Å². The molecular formula is C21H27N3O8. The molecule has 0 bridgehead atoms. The Balaban J connectivity index is 1.90. The zero-order valence-corrected chi connectivity index (χ0v) is 18.1. The number of aliphatic hydroxyl groups excluding tert-OH is 2. The van der Waals surface area contributed by atoms with Gasteiger partial charge in [0.1, 0.15) is 12.3 Å². The van der Waals surface area contributed by atoms with Crippen LogP contribution in [0.3, 0.4) is 0 Å². The van der Waals surface area contributed by atoms with E-state index in [9.17, 15) is 29.9 Å². The molecule has 2 aromatic rings. The molecule has 1 aliphatic heterocycles. The number of aromatic amines is 1. The van der Waals surface area contributed by atoms with Crippen molar-refractivity contribution in [1.82, 2.24) is 9.55 Å². The largest absolute Gasteiger partial charge is 0.394 e. The Morgan fingerprint density at radius 3 is 2.62 bits per heavy atom. The highest BCUT2D eigenvalue weighted by atomic mass is 16.6. The summed E-state index contributed by atoms with van der Waals surface area (Å²) in [4.78, 5) is 37.9. The number of nitrogens with zero attached hydrogens (tertiary/aromatic N) is 2. The van der Waals surface area contributed by atoms with Crippen LogP contribution in [0.1, 0.15) is 50.7 Å². The first-order chi connectivity index (χ1) is 15.0. The quantitative estimate of drug-likeness (QED) is 0.423. The van der Waals surface area contributed by atoms with Crippen LogP contribution in [0.2, 0.25) is 0 Å². The molecule has 0 unspecified atom stereocenters. The van der Waals surface area contributed by atoms with E-state index in [1.54, 1.807) is 18.2 Å². The minimum absolute atomic E-state index is 0.0678. The Labute approximate surface area is 183 Å². The van der Waals surface area contributed by atoms with Gasteiger partial charge in [-0.25, -0.2) is 4.79 Å². The summed E-state index contributed by atoms with van der Waals surface area (Å²) < 4.78 is 12.6. The van der Waals surface area contributed by atoms with Crippen LogP contribution in [0.5, 0.6) is 0 Å². The van der Waals surface area contributed by atoms with Crippen molar-refractivity contribution in [3.63, 3.8) is 0 Å². The predicted octanol–water partition coefficient (Wildman–Crippen LogP) is 1.39. The van der Waals surface area contributed by atoms with Gasteiger partial charge in [-0.2, -0.15) is 0 Å². The number of hydrogen-bond donors (Lipinski definition) is 3. The lowest BCUT2D eigenvalue weighted by molar-refractivity contribution is -0.386. The number of nitro groups is 1. The average Bonchev–Trinajstić information content (AvgIpc) is 3.09. The molecule has 1 aromatic heterocycles. The van der Waals surface area contributed by atoms with Gasteiger partial charge in [-0.3, -0.25) is 24.5 Å². The molecule has 2 heterocycles. The van der Waals surface area contributed by atoms with Crippen LogP contribution in [-0.4, -0.2) is 43.5 Å². The third-order valence-electron chi connectivity index (χ3n) is 5.34. The summed E-state index contributed by atoms with van der Waals surface area (Å²) in [6.07, 6.45) is -2.00. The maximum absolute atomic E-state index is 12.4. The molecule has 11 nitrogen and oxygen atoms in total. The van der Waals surface area contributed by atoms with Crippen molar-refractivity contribution in [3.8, 4) is 0 Å². The molecule has 1 fully saturated rings. The number of ether oxygens (including phenoxy) is 2. The third kappa shape index (κ3) is 4.96. The molecule has 0 radical (unpaired) electrons. The number of rotatable bonds is 7. The number of hydrogen-bond acceptors (Lipinski definition) is 8. The third-order valence-corrected chi connectivity index (χ3v) is 5.34. The summed E-state index contributed by atoms with van der Waals surface area (Å²) in [5.74, 6) is 0. The molecule has 0 amide bonds. The van der Waals surface area contributed by atoms with Crippen molar-refractivity contribution >= 4 is 5.69 Å². The van der Waals surface area contributed by atoms with E-state index in [4.69, 9.17) is 9.47 Å². The van der Waals surface area contributed by atoms with E-state index in [1.165, 1.54) is 12.3 Å². The van der Waals surface area contributed by atoms with Gasteiger partial charge >= 0.3 is 5.69 Å². The zero-order chi connectivity index (χ0) is 23.6. The topological polar surface area (TPSA) is 157 Å². The molecule has 11 heteroatoms. The second-order valence-corrected chi connectivity index (χ2v) is 8.81. The second kappa shape index (κ2) is 9.33. The number of aliphatic hydroxyl groups is 2. The van der Waals surface area contributed by atoms with Crippen LogP contribution in [-0.2, 0) is 16.1 Å². The van der Waals surface area contributed by atoms with Crippen molar-refractivity contribution in [3.05, 3.63) is 72.5 Å². The molecule has 3 N–H and O–H groups in total. The van der Waals surface area contributed by atoms with Gasteiger partial charge in [0.25, 0.3) is 11.2 Å². The van der Waals surface area contributed by atoms with Gasteiger partial charge in [0, 0.05) is 18.7 Å². The van der Waals surface area contributed by atoms with Gasteiger partial charge in [0.2, 0.25) is 0 Å². The second-order valence-electron chi connectivity index (χ2n) is 8.81. The fourth-order valence-corrected chi connectivity index (χ4v) is 3.75. The summed E-state index contributed by atoms with van der Waals surface area (Å²) in [6.45, 7) is 4.96. The molecule has 32 heavy (non-hydrogen) atoms. The molecule has 174 valence electrons. The lowest BCUT2D eigenvalue weighted by atomic mass is 9.84. The minimum atomic E-state index is -0.951. The van der Waals surface area contributed by atoms with Gasteiger partial charge in [0.05, 0.1) is 41.5 Å². The molecule has 3 rings (SSSR count). The van der Waals surface area contributed by atoms with E-state index in [0.717, 1.165) is 4.57 Å². The average molecular weight is 449 g/mol. The molecule has 1 aliphatic rings. The van der Waals surface area contributed by atoms with E-state index in [-0.39, 0.29) is 24.3 Å². The Kier molecular flexibility index (Phi) is 6.94. The van der Waals surface area contributed by atoms with E-state index in [0.29, 0.717) is 5.56 Å². The fraction of sp³-hybridized carbons (Fsp3) is 0.524. The van der Waals surface area contributed by atoms with E-state index >= 15 is 0 Å². The van der Waals surface area contributed by atoms with Gasteiger partial charge in [-0.1, -0.05) is 32.9 Å². The number of para-hydroxylation sites is 1. The van der Waals surface area contributed by atoms with Crippen molar-refractivity contribution < 1.29 is 24.6 Å². The fourth-order valence-electron chi connectivity index (χ4n) is 3.75. The van der Waals surface area contributed by atoms with Crippen molar-refractivity contribution in [2.75, 3.05) is 6.61 Å². The summed E-state index contributed by atoms with van der Waals surface area (Å²) in [5, 5.41) is 30.7. The number of nitro benzene ring substituents is 1. The summed E-state index contributed by atoms with van der Waals surface area (Å²) in [5.41, 5.74) is -1.51. The Morgan fingerprint density at radius 1 is 1.34 bits per heavy atom. The van der Waals surface area contributed by atoms with Crippen LogP contribution >= 0.6 is 0 Å². The van der Waals surface area contributed by atoms with Crippen LogP contribution in [0.4, 0.5) is 5.69 Å². The Hall–Kier alpha value is -2.86. The zero-order valence-electron chi connectivity index (χ0n) is 18.1.